The Morgan fingerprint density at radius 1 is 1.00 bits per heavy atom. The Balaban J connectivity index is 2.46. The van der Waals surface area contributed by atoms with E-state index in [2.05, 4.69) is 0 Å². The molecule has 0 unspecified atom stereocenters. The second-order valence-corrected chi connectivity index (χ2v) is 10.5. The molecule has 1 fully saturated rings. The van der Waals surface area contributed by atoms with Gasteiger partial charge in [-0.2, -0.15) is 0 Å². The van der Waals surface area contributed by atoms with Crippen LogP contribution in [0.25, 0.3) is 0 Å². The van der Waals surface area contributed by atoms with E-state index in [1.165, 1.54) is 25.0 Å². The fourth-order valence-corrected chi connectivity index (χ4v) is 5.64. The molecule has 0 saturated heterocycles. The third kappa shape index (κ3) is 3.77. The molecule has 20 heavy (non-hydrogen) atoms. The molecule has 0 aromatic heterocycles. The van der Waals surface area contributed by atoms with E-state index >= 15 is 0 Å². The maximum absolute atomic E-state index is 11.9. The van der Waals surface area contributed by atoms with E-state index in [4.69, 9.17) is 0 Å². The topological polar surface area (TPSA) is 68.3 Å². The molecule has 4 nitrogen and oxygen atoms in total. The van der Waals surface area contributed by atoms with Gasteiger partial charge in [-0.05, 0) is 31.0 Å². The molecule has 0 atom stereocenters. The van der Waals surface area contributed by atoms with Crippen molar-refractivity contribution in [2.45, 2.75) is 45.6 Å². The van der Waals surface area contributed by atoms with Crippen LogP contribution in [0.4, 0.5) is 0 Å². The summed E-state index contributed by atoms with van der Waals surface area (Å²) in [6.45, 7) is 0. The van der Waals surface area contributed by atoms with Crippen LogP contribution in [0.1, 0.15) is 25.7 Å². The molecule has 1 aliphatic carbocycles. The number of hydrogen-bond acceptors (Lipinski definition) is 5. The van der Waals surface area contributed by atoms with Crippen molar-refractivity contribution in [3.8, 4) is 0 Å². The second-order valence-electron chi connectivity index (χ2n) is 5.18. The van der Waals surface area contributed by atoms with Gasteiger partial charge in [0.15, 0.2) is 19.7 Å². The number of benzene rings is 1. The van der Waals surface area contributed by atoms with Gasteiger partial charge < -0.3 is 0 Å². The summed E-state index contributed by atoms with van der Waals surface area (Å²) in [6, 6.07) is 4.39. The largest absolute Gasteiger partial charge is 0.224 e. The summed E-state index contributed by atoms with van der Waals surface area (Å²) in [6.07, 6.45) is 6.72. The molecule has 1 saturated carbocycles. The third-order valence-corrected chi connectivity index (χ3v) is 7.13. The summed E-state index contributed by atoms with van der Waals surface area (Å²) in [4.78, 5) is 0.831. The van der Waals surface area contributed by atoms with Crippen LogP contribution in [0.2, 0.25) is 0 Å². The molecule has 0 amide bonds. The molecule has 1 aromatic rings. The van der Waals surface area contributed by atoms with Crippen molar-refractivity contribution in [2.24, 2.45) is 0 Å². The van der Waals surface area contributed by atoms with Gasteiger partial charge in [0, 0.05) is 22.7 Å². The lowest BCUT2D eigenvalue weighted by Gasteiger charge is -2.13. The number of hydrogen-bond donors (Lipinski definition) is 0. The minimum atomic E-state index is -3.44. The van der Waals surface area contributed by atoms with E-state index in [1.807, 2.05) is 0 Å². The molecule has 0 heterocycles. The Morgan fingerprint density at radius 2 is 1.60 bits per heavy atom. The molecular weight excluding hydrogens is 316 g/mol. The molecule has 0 N–H and O–H groups in total. The molecular formula is C13H18O4S3. The van der Waals surface area contributed by atoms with Gasteiger partial charge in [0.25, 0.3) is 0 Å². The number of thioether (sulfide) groups is 1. The lowest BCUT2D eigenvalue weighted by molar-refractivity contribution is 0.598. The first-order valence-electron chi connectivity index (χ1n) is 6.39. The number of sulfone groups is 2. The van der Waals surface area contributed by atoms with Crippen LogP contribution in [0.3, 0.4) is 0 Å². The van der Waals surface area contributed by atoms with Crippen molar-refractivity contribution in [2.75, 3.05) is 12.5 Å². The molecule has 2 rings (SSSR count). The fourth-order valence-electron chi connectivity index (χ4n) is 2.29. The van der Waals surface area contributed by atoms with Crippen molar-refractivity contribution in [3.63, 3.8) is 0 Å². The Morgan fingerprint density at radius 3 is 2.10 bits per heavy atom. The minimum Gasteiger partial charge on any atom is -0.224 e. The normalized spacial score (nSPS) is 17.5. The summed E-state index contributed by atoms with van der Waals surface area (Å²) in [5, 5.41) is 0.430. The van der Waals surface area contributed by atoms with Crippen LogP contribution >= 0.6 is 11.8 Å². The smallest absolute Gasteiger partial charge is 0.176 e. The summed E-state index contributed by atoms with van der Waals surface area (Å²) in [5.74, 6) is 0. The van der Waals surface area contributed by atoms with E-state index in [9.17, 15) is 16.8 Å². The quantitative estimate of drug-likeness (QED) is 0.846. The maximum Gasteiger partial charge on any atom is 0.176 e. The standard InChI is InChI=1S/C13H18O4S3/c1-19(14,15)11-7-8-12(13(9-11)20(2,16)17)18-10-5-3-4-6-10/h7-10H,3-6H2,1-2H3. The highest BCUT2D eigenvalue weighted by molar-refractivity contribution is 8.00. The van der Waals surface area contributed by atoms with Gasteiger partial charge in [0.05, 0.1) is 9.79 Å². The zero-order valence-electron chi connectivity index (χ0n) is 11.5. The van der Waals surface area contributed by atoms with Crippen LogP contribution in [-0.4, -0.2) is 34.6 Å². The zero-order valence-corrected chi connectivity index (χ0v) is 13.9. The first-order chi connectivity index (χ1) is 9.18. The highest BCUT2D eigenvalue weighted by Gasteiger charge is 2.22. The molecule has 7 heteroatoms. The maximum atomic E-state index is 11.9. The molecule has 112 valence electrons. The summed E-state index contributed by atoms with van der Waals surface area (Å²) in [5.41, 5.74) is 0. The molecule has 1 aromatic carbocycles. The van der Waals surface area contributed by atoms with Crippen LogP contribution in [0.5, 0.6) is 0 Å². The van der Waals surface area contributed by atoms with Gasteiger partial charge in [-0.3, -0.25) is 0 Å². The second kappa shape index (κ2) is 5.69. The highest BCUT2D eigenvalue weighted by atomic mass is 32.2. The fraction of sp³-hybridized carbons (Fsp3) is 0.538. The average Bonchev–Trinajstić information content (AvgIpc) is 2.79. The molecule has 1 aliphatic rings. The van der Waals surface area contributed by atoms with Crippen molar-refractivity contribution in [1.29, 1.82) is 0 Å². The van der Waals surface area contributed by atoms with Crippen LogP contribution in [-0.2, 0) is 19.7 Å². The Bertz CT molecular complexity index is 699. The predicted octanol–water partition coefficient (Wildman–Crippen LogP) is 2.53. The van der Waals surface area contributed by atoms with Crippen LogP contribution in [0, 0.1) is 0 Å². The lowest BCUT2D eigenvalue weighted by Crippen LogP contribution is -2.05. The van der Waals surface area contributed by atoms with Gasteiger partial charge in [-0.25, -0.2) is 16.8 Å². The highest BCUT2D eigenvalue weighted by Crippen LogP contribution is 2.38. The molecule has 0 spiro atoms. The first kappa shape index (κ1) is 15.9. The Labute approximate surface area is 124 Å². The molecule has 0 radical (unpaired) electrons. The van der Waals surface area contributed by atoms with Gasteiger partial charge in [0.1, 0.15) is 0 Å². The lowest BCUT2D eigenvalue weighted by atomic mass is 10.3. The van der Waals surface area contributed by atoms with Crippen molar-refractivity contribution < 1.29 is 16.8 Å². The van der Waals surface area contributed by atoms with Gasteiger partial charge in [0.2, 0.25) is 0 Å². The minimum absolute atomic E-state index is 0.0497. The van der Waals surface area contributed by atoms with E-state index in [-0.39, 0.29) is 9.79 Å². The van der Waals surface area contributed by atoms with E-state index in [1.54, 1.807) is 17.8 Å². The summed E-state index contributed by atoms with van der Waals surface area (Å²) >= 11 is 1.55. The van der Waals surface area contributed by atoms with Gasteiger partial charge in [-0.15, -0.1) is 11.8 Å². The third-order valence-electron chi connectivity index (χ3n) is 3.34. The van der Waals surface area contributed by atoms with E-state index in [0.29, 0.717) is 10.1 Å². The van der Waals surface area contributed by atoms with Gasteiger partial charge in [-0.1, -0.05) is 12.8 Å². The van der Waals surface area contributed by atoms with Crippen molar-refractivity contribution >= 4 is 31.4 Å². The van der Waals surface area contributed by atoms with E-state index in [0.717, 1.165) is 25.4 Å². The average molecular weight is 334 g/mol. The van der Waals surface area contributed by atoms with Crippen LogP contribution < -0.4 is 0 Å². The Hall–Kier alpha value is -0.530. The van der Waals surface area contributed by atoms with Crippen molar-refractivity contribution in [3.05, 3.63) is 18.2 Å². The SMILES string of the molecule is CS(=O)(=O)c1ccc(SC2CCCC2)c(S(C)(=O)=O)c1. The molecule has 0 aliphatic heterocycles. The van der Waals surface area contributed by atoms with Crippen LogP contribution in [0.15, 0.2) is 32.9 Å². The predicted molar refractivity (Wildman–Crippen MR) is 80.8 cm³/mol. The van der Waals surface area contributed by atoms with Crippen molar-refractivity contribution in [1.82, 2.24) is 0 Å². The number of rotatable bonds is 4. The first-order valence-corrected chi connectivity index (χ1v) is 11.0. The Kier molecular flexibility index (Phi) is 4.51. The van der Waals surface area contributed by atoms with E-state index < -0.39 is 19.7 Å². The monoisotopic (exact) mass is 334 g/mol. The summed E-state index contributed by atoms with van der Waals surface area (Å²) < 4.78 is 46.9. The summed E-state index contributed by atoms with van der Waals surface area (Å²) in [7, 11) is -6.85. The zero-order chi connectivity index (χ0) is 15.0. The molecule has 0 bridgehead atoms. The van der Waals surface area contributed by atoms with Gasteiger partial charge >= 0.3 is 0 Å².